The number of hydrogen-bond acceptors (Lipinski definition) is 7. The molecule has 0 bridgehead atoms. The van der Waals surface area contributed by atoms with Gasteiger partial charge in [0.2, 0.25) is 11.8 Å². The number of unbranched alkanes of at least 4 members (excludes halogenated alkanes) is 12. The number of hydrogen-bond donors (Lipinski definition) is 3. The second kappa shape index (κ2) is 27.4. The zero-order valence-electron chi connectivity index (χ0n) is 28.9. The molecule has 1 unspecified atom stereocenters. The zero-order valence-corrected chi connectivity index (χ0v) is 28.9. The molecule has 0 rings (SSSR count). The van der Waals surface area contributed by atoms with Gasteiger partial charge in [0, 0.05) is 51.7 Å². The molecule has 0 aliphatic rings. The van der Waals surface area contributed by atoms with Crippen LogP contribution < -0.4 is 16.0 Å². The van der Waals surface area contributed by atoms with Crippen molar-refractivity contribution in [2.24, 2.45) is 5.41 Å². The molecule has 3 N–H and O–H groups in total. The van der Waals surface area contributed by atoms with Crippen LogP contribution in [0.2, 0.25) is 0 Å². The first-order chi connectivity index (χ1) is 21.5. The molecule has 0 aromatic rings. The summed E-state index contributed by atoms with van der Waals surface area (Å²) in [5.41, 5.74) is -0.955. The summed E-state index contributed by atoms with van der Waals surface area (Å²) in [5.74, 6) is -1.84. The largest absolute Gasteiger partial charge is 0.465 e. The van der Waals surface area contributed by atoms with E-state index in [4.69, 9.17) is 9.47 Å². The fraction of sp³-hybridized carbons (Fsp3) is 0.800. The van der Waals surface area contributed by atoms with E-state index < -0.39 is 29.4 Å². The highest BCUT2D eigenvalue weighted by Crippen LogP contribution is 2.25. The Kier molecular flexibility index (Phi) is 25.6. The molecule has 0 radical (unpaired) electrons. The molecule has 0 fully saturated rings. The molecular weight excluding hydrogens is 574 g/mol. The highest BCUT2D eigenvalue weighted by molar-refractivity contribution is 5.85. The lowest BCUT2D eigenvalue weighted by Gasteiger charge is -2.31. The van der Waals surface area contributed by atoms with Crippen LogP contribution in [0.15, 0.2) is 12.2 Å². The summed E-state index contributed by atoms with van der Waals surface area (Å²) >= 11 is 0. The van der Waals surface area contributed by atoms with Crippen molar-refractivity contribution in [3.05, 3.63) is 12.2 Å². The van der Waals surface area contributed by atoms with E-state index in [1.54, 1.807) is 13.8 Å². The summed E-state index contributed by atoms with van der Waals surface area (Å²) in [5, 5.41) is 8.37. The van der Waals surface area contributed by atoms with Crippen LogP contribution in [-0.4, -0.2) is 62.0 Å². The van der Waals surface area contributed by atoms with Crippen molar-refractivity contribution in [2.75, 3.05) is 26.2 Å². The summed E-state index contributed by atoms with van der Waals surface area (Å²) in [6, 6.07) is 0. The van der Waals surface area contributed by atoms with Gasteiger partial charge in [0.05, 0.1) is 0 Å². The SMILES string of the molecule is CCCCCCCCC=CCCCCCCCC(=O)NCCCCNC(=O)CCNC(=O)C(OC(C)=O)C(C)(C)COC(C)=O. The summed E-state index contributed by atoms with van der Waals surface area (Å²) < 4.78 is 10.2. The summed E-state index contributed by atoms with van der Waals surface area (Å²) in [7, 11) is 0. The van der Waals surface area contributed by atoms with Crippen LogP contribution in [0.1, 0.15) is 144 Å². The number of nitrogens with one attached hydrogen (secondary N) is 3. The number of rotatable bonds is 28. The Morgan fingerprint density at radius 3 is 1.67 bits per heavy atom. The van der Waals surface area contributed by atoms with Crippen molar-refractivity contribution in [3.63, 3.8) is 0 Å². The number of esters is 2. The Morgan fingerprint density at radius 1 is 0.622 bits per heavy atom. The molecule has 0 saturated heterocycles. The van der Waals surface area contributed by atoms with Gasteiger partial charge in [0.15, 0.2) is 6.10 Å². The molecule has 10 nitrogen and oxygen atoms in total. The van der Waals surface area contributed by atoms with Crippen molar-refractivity contribution in [2.45, 2.75) is 150 Å². The topological polar surface area (TPSA) is 140 Å². The fourth-order valence-electron chi connectivity index (χ4n) is 4.73. The molecule has 1 atom stereocenters. The quantitative estimate of drug-likeness (QED) is 0.0538. The van der Waals surface area contributed by atoms with E-state index >= 15 is 0 Å². The average molecular weight is 638 g/mol. The standard InChI is InChI=1S/C35H63N3O7/c1-6-7-8-9-10-11-12-13-14-15-16-17-18-19-20-23-31(41)36-25-21-22-26-37-32(42)24-27-38-34(43)33(45-30(3)40)35(4,5)28-44-29(2)39/h13-14,33H,6-12,15-28H2,1-5H3,(H,36,41)(H,37,42)(H,38,43). The summed E-state index contributed by atoms with van der Waals surface area (Å²) in [4.78, 5) is 59.5. The van der Waals surface area contributed by atoms with E-state index in [-0.39, 0.29) is 31.4 Å². The first-order valence-corrected chi connectivity index (χ1v) is 17.3. The maximum Gasteiger partial charge on any atom is 0.303 e. The van der Waals surface area contributed by atoms with Crippen molar-refractivity contribution >= 4 is 29.7 Å². The third-order valence-electron chi connectivity index (χ3n) is 7.44. The monoisotopic (exact) mass is 637 g/mol. The van der Waals surface area contributed by atoms with Gasteiger partial charge in [-0.1, -0.05) is 84.3 Å². The molecule has 0 aromatic carbocycles. The van der Waals surface area contributed by atoms with Crippen LogP contribution in [0.3, 0.4) is 0 Å². The maximum atomic E-state index is 12.6. The predicted molar refractivity (Wildman–Crippen MR) is 178 cm³/mol. The van der Waals surface area contributed by atoms with Crippen molar-refractivity contribution in [1.82, 2.24) is 16.0 Å². The van der Waals surface area contributed by atoms with Crippen LogP contribution in [0.4, 0.5) is 0 Å². The van der Waals surface area contributed by atoms with Gasteiger partial charge < -0.3 is 25.4 Å². The summed E-state index contributed by atoms with van der Waals surface area (Å²) in [6.45, 7) is 9.02. The third kappa shape index (κ3) is 26.1. The van der Waals surface area contributed by atoms with Crippen LogP contribution in [0, 0.1) is 5.41 Å². The van der Waals surface area contributed by atoms with E-state index in [2.05, 4.69) is 35.0 Å². The molecule has 0 aromatic heterocycles. The number of carbonyl (C=O) groups excluding carboxylic acids is 5. The number of amides is 3. The first kappa shape index (κ1) is 42.1. The lowest BCUT2D eigenvalue weighted by Crippen LogP contribution is -2.49. The van der Waals surface area contributed by atoms with Crippen LogP contribution in [0.5, 0.6) is 0 Å². The lowest BCUT2D eigenvalue weighted by atomic mass is 9.86. The van der Waals surface area contributed by atoms with Crippen LogP contribution in [0.25, 0.3) is 0 Å². The van der Waals surface area contributed by atoms with Gasteiger partial charge in [-0.15, -0.1) is 0 Å². The van der Waals surface area contributed by atoms with Gasteiger partial charge in [-0.25, -0.2) is 0 Å². The van der Waals surface area contributed by atoms with Crippen molar-refractivity contribution < 1.29 is 33.4 Å². The van der Waals surface area contributed by atoms with E-state index in [1.807, 2.05) is 0 Å². The molecule has 260 valence electrons. The highest BCUT2D eigenvalue weighted by Gasteiger charge is 2.39. The number of allylic oxidation sites excluding steroid dienone is 2. The van der Waals surface area contributed by atoms with Gasteiger partial charge in [-0.05, 0) is 44.9 Å². The molecular formula is C35H63N3O7. The molecule has 45 heavy (non-hydrogen) atoms. The van der Waals surface area contributed by atoms with Gasteiger partial charge in [-0.3, -0.25) is 24.0 Å². The van der Waals surface area contributed by atoms with E-state index in [9.17, 15) is 24.0 Å². The minimum atomic E-state index is -1.18. The van der Waals surface area contributed by atoms with Gasteiger partial charge in [-0.2, -0.15) is 0 Å². The Labute approximate surface area is 272 Å². The fourth-order valence-corrected chi connectivity index (χ4v) is 4.73. The normalized spacial score (nSPS) is 12.0. The summed E-state index contributed by atoms with van der Waals surface area (Å²) in [6.07, 6.45) is 21.6. The van der Waals surface area contributed by atoms with Crippen molar-refractivity contribution in [3.8, 4) is 0 Å². The Bertz CT molecular complexity index is 873. The maximum absolute atomic E-state index is 12.6. The first-order valence-electron chi connectivity index (χ1n) is 17.3. The molecule has 0 spiro atoms. The Morgan fingerprint density at radius 2 is 1.13 bits per heavy atom. The van der Waals surface area contributed by atoms with Crippen LogP contribution >= 0.6 is 0 Å². The number of carbonyl (C=O) groups is 5. The second-order valence-corrected chi connectivity index (χ2v) is 12.5. The third-order valence-corrected chi connectivity index (χ3v) is 7.44. The minimum absolute atomic E-state index is 0.0651. The van der Waals surface area contributed by atoms with Gasteiger partial charge in [0.25, 0.3) is 5.91 Å². The molecule has 3 amide bonds. The van der Waals surface area contributed by atoms with E-state index in [0.29, 0.717) is 19.5 Å². The van der Waals surface area contributed by atoms with E-state index in [1.165, 1.54) is 78.1 Å². The lowest BCUT2D eigenvalue weighted by molar-refractivity contribution is -0.166. The van der Waals surface area contributed by atoms with Crippen molar-refractivity contribution in [1.29, 1.82) is 0 Å². The minimum Gasteiger partial charge on any atom is -0.465 e. The predicted octanol–water partition coefficient (Wildman–Crippen LogP) is 6.06. The van der Waals surface area contributed by atoms with Gasteiger partial charge >= 0.3 is 11.9 Å². The Hall–Kier alpha value is -2.91. The molecule has 0 aliphatic heterocycles. The molecule has 10 heteroatoms. The van der Waals surface area contributed by atoms with Gasteiger partial charge in [0.1, 0.15) is 6.61 Å². The smallest absolute Gasteiger partial charge is 0.303 e. The molecule has 0 heterocycles. The second-order valence-electron chi connectivity index (χ2n) is 12.5. The molecule has 0 aliphatic carbocycles. The average Bonchev–Trinajstić information content (AvgIpc) is 2.98. The van der Waals surface area contributed by atoms with E-state index in [0.717, 1.165) is 32.1 Å². The van der Waals surface area contributed by atoms with Crippen LogP contribution in [-0.2, 0) is 33.4 Å². The Balaban J connectivity index is 3.81. The highest BCUT2D eigenvalue weighted by atomic mass is 16.6. The number of ether oxygens (including phenoxy) is 2. The zero-order chi connectivity index (χ0) is 33.8. The molecule has 0 saturated carbocycles.